The maximum atomic E-state index is 6.17. The van der Waals surface area contributed by atoms with Crippen LogP contribution in [0.2, 0.25) is 0 Å². The van der Waals surface area contributed by atoms with E-state index < -0.39 is 0 Å². The summed E-state index contributed by atoms with van der Waals surface area (Å²) in [4.78, 5) is 4.76. The Balaban J connectivity index is 1.85. The molecule has 0 saturated heterocycles. The summed E-state index contributed by atoms with van der Waals surface area (Å²) in [7, 11) is 0. The lowest BCUT2D eigenvalue weighted by molar-refractivity contribution is 0.650. The van der Waals surface area contributed by atoms with Gasteiger partial charge in [-0.05, 0) is 17.9 Å². The van der Waals surface area contributed by atoms with E-state index in [0.29, 0.717) is 0 Å². The van der Waals surface area contributed by atoms with Crippen molar-refractivity contribution in [2.75, 3.05) is 11.6 Å². The van der Waals surface area contributed by atoms with E-state index in [1.54, 1.807) is 16.3 Å². The van der Waals surface area contributed by atoms with Gasteiger partial charge in [0, 0.05) is 11.9 Å². The molecular formula is C17H21N3S. The molecule has 3 nitrogen and oxygen atoms in total. The molecule has 0 aliphatic carbocycles. The fourth-order valence-electron chi connectivity index (χ4n) is 2.58. The van der Waals surface area contributed by atoms with E-state index in [0.717, 1.165) is 23.6 Å². The van der Waals surface area contributed by atoms with Gasteiger partial charge in [-0.15, -0.1) is 0 Å². The molecule has 21 heavy (non-hydrogen) atoms. The first kappa shape index (κ1) is 14.3. The van der Waals surface area contributed by atoms with E-state index in [1.807, 2.05) is 0 Å². The molecule has 0 aliphatic heterocycles. The van der Waals surface area contributed by atoms with Crippen LogP contribution in [0.4, 0.5) is 5.13 Å². The highest BCUT2D eigenvalue weighted by Crippen LogP contribution is 2.32. The van der Waals surface area contributed by atoms with E-state index in [1.165, 1.54) is 34.7 Å². The molecule has 0 radical (unpaired) electrons. The number of hydrogen-bond acceptors (Lipinski definition) is 4. The topological polar surface area (TPSA) is 42.1 Å². The number of nitrogens with two attached hydrogens (primary N) is 1. The van der Waals surface area contributed by atoms with Crippen LogP contribution in [0, 0.1) is 0 Å². The average molecular weight is 299 g/mol. The zero-order chi connectivity index (χ0) is 14.7. The Hall–Kier alpha value is -1.65. The molecule has 0 aliphatic rings. The fourth-order valence-corrected chi connectivity index (χ4v) is 3.51. The molecule has 0 bridgehead atoms. The molecular weight excluding hydrogens is 278 g/mol. The SMILES string of the molecule is CCCCCCN(N)c1nc2c(ccc3ccccc32)s1. The van der Waals surface area contributed by atoms with E-state index >= 15 is 0 Å². The summed E-state index contributed by atoms with van der Waals surface area (Å²) < 4.78 is 1.20. The number of thiazole rings is 1. The van der Waals surface area contributed by atoms with Gasteiger partial charge in [-0.25, -0.2) is 10.8 Å². The summed E-state index contributed by atoms with van der Waals surface area (Å²) in [6.07, 6.45) is 4.88. The first-order valence-electron chi connectivity index (χ1n) is 7.60. The van der Waals surface area contributed by atoms with Gasteiger partial charge < -0.3 is 0 Å². The highest BCUT2D eigenvalue weighted by atomic mass is 32.1. The number of hydrogen-bond donors (Lipinski definition) is 1. The quantitative estimate of drug-likeness (QED) is 0.407. The van der Waals surface area contributed by atoms with Crippen LogP contribution in [-0.4, -0.2) is 11.5 Å². The van der Waals surface area contributed by atoms with E-state index in [9.17, 15) is 0 Å². The summed E-state index contributed by atoms with van der Waals surface area (Å²) >= 11 is 1.67. The maximum absolute atomic E-state index is 6.17. The molecule has 110 valence electrons. The van der Waals surface area contributed by atoms with Crippen molar-refractivity contribution in [2.24, 2.45) is 5.84 Å². The second-order valence-corrected chi connectivity index (χ2v) is 6.39. The first-order chi connectivity index (χ1) is 10.3. The molecule has 3 rings (SSSR count). The number of anilines is 1. The van der Waals surface area contributed by atoms with Crippen molar-refractivity contribution in [3.8, 4) is 0 Å². The lowest BCUT2D eigenvalue weighted by atomic mass is 10.1. The van der Waals surface area contributed by atoms with Crippen LogP contribution in [0.25, 0.3) is 21.0 Å². The van der Waals surface area contributed by atoms with Gasteiger partial charge in [0.1, 0.15) is 0 Å². The summed E-state index contributed by atoms with van der Waals surface area (Å²) in [6, 6.07) is 12.7. The Kier molecular flexibility index (Phi) is 4.36. The van der Waals surface area contributed by atoms with Crippen molar-refractivity contribution in [2.45, 2.75) is 32.6 Å². The Morgan fingerprint density at radius 1 is 1.10 bits per heavy atom. The van der Waals surface area contributed by atoms with E-state index in [2.05, 4.69) is 43.3 Å². The molecule has 0 spiro atoms. The molecule has 0 fully saturated rings. The van der Waals surface area contributed by atoms with Crippen molar-refractivity contribution < 1.29 is 0 Å². The zero-order valence-electron chi connectivity index (χ0n) is 12.4. The maximum Gasteiger partial charge on any atom is 0.200 e. The number of benzene rings is 2. The summed E-state index contributed by atoms with van der Waals surface area (Å²) in [5.74, 6) is 6.17. The number of aromatic nitrogens is 1. The smallest absolute Gasteiger partial charge is 0.200 e. The van der Waals surface area contributed by atoms with Crippen molar-refractivity contribution in [1.82, 2.24) is 4.98 Å². The van der Waals surface area contributed by atoms with Crippen molar-refractivity contribution >= 4 is 37.5 Å². The number of rotatable bonds is 6. The largest absolute Gasteiger partial charge is 0.286 e. The van der Waals surface area contributed by atoms with Crippen molar-refractivity contribution in [3.05, 3.63) is 36.4 Å². The van der Waals surface area contributed by atoms with Gasteiger partial charge in [0.05, 0.1) is 10.2 Å². The molecule has 0 atom stereocenters. The number of fused-ring (bicyclic) bond motifs is 3. The van der Waals surface area contributed by atoms with Gasteiger partial charge in [-0.2, -0.15) is 0 Å². The average Bonchev–Trinajstić information content (AvgIpc) is 2.96. The summed E-state index contributed by atoms with van der Waals surface area (Å²) in [5.41, 5.74) is 1.07. The Morgan fingerprint density at radius 3 is 2.81 bits per heavy atom. The molecule has 2 N–H and O–H groups in total. The predicted molar refractivity (Wildman–Crippen MR) is 92.8 cm³/mol. The van der Waals surface area contributed by atoms with E-state index in [-0.39, 0.29) is 0 Å². The third-order valence-corrected chi connectivity index (χ3v) is 4.83. The molecule has 3 aromatic rings. The highest BCUT2D eigenvalue weighted by molar-refractivity contribution is 7.22. The van der Waals surface area contributed by atoms with Gasteiger partial charge in [0.2, 0.25) is 5.13 Å². The summed E-state index contributed by atoms with van der Waals surface area (Å²) in [6.45, 7) is 3.09. The van der Waals surface area contributed by atoms with Crippen molar-refractivity contribution in [1.29, 1.82) is 0 Å². The molecule has 1 aromatic heterocycles. The van der Waals surface area contributed by atoms with Crippen LogP contribution in [-0.2, 0) is 0 Å². The molecule has 4 heteroatoms. The highest BCUT2D eigenvalue weighted by Gasteiger charge is 2.10. The van der Waals surface area contributed by atoms with Gasteiger partial charge in [0.15, 0.2) is 0 Å². The van der Waals surface area contributed by atoms with Gasteiger partial charge >= 0.3 is 0 Å². The van der Waals surface area contributed by atoms with Crippen LogP contribution < -0.4 is 10.9 Å². The minimum Gasteiger partial charge on any atom is -0.286 e. The standard InChI is InChI=1S/C17H21N3S/c1-2-3-4-7-12-20(18)17-19-16-14-9-6-5-8-13(14)10-11-15(16)21-17/h5-6,8-11H,2-4,7,12,18H2,1H3. The fraction of sp³-hybridized carbons (Fsp3) is 0.353. The number of nitrogens with zero attached hydrogens (tertiary/aromatic N) is 2. The van der Waals surface area contributed by atoms with Crippen molar-refractivity contribution in [3.63, 3.8) is 0 Å². The van der Waals surface area contributed by atoms with Gasteiger partial charge in [0.25, 0.3) is 0 Å². The minimum absolute atomic E-state index is 0.873. The van der Waals surface area contributed by atoms with Crippen LogP contribution in [0.5, 0.6) is 0 Å². The van der Waals surface area contributed by atoms with Crippen LogP contribution in [0.15, 0.2) is 36.4 Å². The zero-order valence-corrected chi connectivity index (χ0v) is 13.2. The molecule has 0 saturated carbocycles. The third kappa shape index (κ3) is 3.01. The first-order valence-corrected chi connectivity index (χ1v) is 8.42. The normalized spacial score (nSPS) is 11.3. The van der Waals surface area contributed by atoms with Crippen LogP contribution in [0.3, 0.4) is 0 Å². The Labute approximate surface area is 129 Å². The monoisotopic (exact) mass is 299 g/mol. The molecule has 2 aromatic carbocycles. The summed E-state index contributed by atoms with van der Waals surface area (Å²) in [5, 5.41) is 5.15. The number of hydrazine groups is 1. The minimum atomic E-state index is 0.873. The second kappa shape index (κ2) is 6.41. The second-order valence-electron chi connectivity index (χ2n) is 5.38. The molecule has 1 heterocycles. The van der Waals surface area contributed by atoms with Crippen LogP contribution in [0.1, 0.15) is 32.6 Å². The lowest BCUT2D eigenvalue weighted by Gasteiger charge is -2.14. The predicted octanol–water partition coefficient (Wildman–Crippen LogP) is 4.71. The van der Waals surface area contributed by atoms with E-state index in [4.69, 9.17) is 10.8 Å². The third-order valence-electron chi connectivity index (χ3n) is 3.77. The van der Waals surface area contributed by atoms with Gasteiger partial charge in [-0.1, -0.05) is 67.9 Å². The Morgan fingerprint density at radius 2 is 1.95 bits per heavy atom. The van der Waals surface area contributed by atoms with Crippen LogP contribution >= 0.6 is 11.3 Å². The number of unbranched alkanes of at least 4 members (excludes halogenated alkanes) is 3. The lowest BCUT2D eigenvalue weighted by Crippen LogP contribution is -2.31. The molecule has 0 amide bonds. The molecule has 0 unspecified atom stereocenters. The van der Waals surface area contributed by atoms with Gasteiger partial charge in [-0.3, -0.25) is 5.01 Å². The Bertz CT molecular complexity index is 735.